The Labute approximate surface area is 145 Å². The summed E-state index contributed by atoms with van der Waals surface area (Å²) in [5.74, 6) is 0. The van der Waals surface area contributed by atoms with Gasteiger partial charge >= 0.3 is 0 Å². The van der Waals surface area contributed by atoms with Crippen LogP contribution < -0.4 is 0 Å². The van der Waals surface area contributed by atoms with Gasteiger partial charge in [0.15, 0.2) is 3.95 Å². The molecule has 0 saturated heterocycles. The van der Waals surface area contributed by atoms with E-state index in [1.54, 1.807) is 11.3 Å². The molecule has 0 N–H and O–H groups in total. The first kappa shape index (κ1) is 16.1. The van der Waals surface area contributed by atoms with Crippen LogP contribution in [0.15, 0.2) is 60.7 Å². The highest BCUT2D eigenvalue weighted by atomic mass is 32.1. The van der Waals surface area contributed by atoms with Crippen molar-refractivity contribution in [3.8, 4) is 0 Å². The Balaban J connectivity index is 1.95. The third kappa shape index (κ3) is 3.75. The second-order valence-electron chi connectivity index (χ2n) is 5.51. The van der Waals surface area contributed by atoms with Crippen molar-refractivity contribution < 1.29 is 0 Å². The van der Waals surface area contributed by atoms with Crippen LogP contribution in [0.5, 0.6) is 0 Å². The average Bonchev–Trinajstić information content (AvgIpc) is 2.87. The third-order valence-corrected chi connectivity index (χ3v) is 4.96. The largest absolute Gasteiger partial charge is 0.276 e. The predicted molar refractivity (Wildman–Crippen MR) is 98.2 cm³/mol. The van der Waals surface area contributed by atoms with Crippen LogP contribution in [-0.2, 0) is 6.67 Å². The molecule has 0 fully saturated rings. The van der Waals surface area contributed by atoms with Gasteiger partial charge in [-0.05, 0) is 37.3 Å². The predicted octanol–water partition coefficient (Wildman–Crippen LogP) is 4.66. The summed E-state index contributed by atoms with van der Waals surface area (Å²) in [5, 5.41) is 5.51. The summed E-state index contributed by atoms with van der Waals surface area (Å²) in [6.07, 6.45) is 0. The summed E-state index contributed by atoms with van der Waals surface area (Å²) in [5.41, 5.74) is 2.53. The fourth-order valence-corrected chi connectivity index (χ4v) is 3.82. The van der Waals surface area contributed by atoms with E-state index in [1.807, 2.05) is 23.7 Å². The lowest BCUT2D eigenvalue weighted by atomic mass is 9.98. The van der Waals surface area contributed by atoms with Crippen molar-refractivity contribution in [3.05, 3.63) is 80.8 Å². The summed E-state index contributed by atoms with van der Waals surface area (Å²) in [6.45, 7) is 2.65. The molecular formula is C18H19N3S2. The lowest BCUT2D eigenvalue weighted by Gasteiger charge is -2.28. The summed E-state index contributed by atoms with van der Waals surface area (Å²) in [7, 11) is 2.11. The Hall–Kier alpha value is -1.82. The maximum absolute atomic E-state index is 5.40. The lowest BCUT2D eigenvalue weighted by Crippen LogP contribution is -2.28. The van der Waals surface area contributed by atoms with Gasteiger partial charge in [-0.1, -0.05) is 72.0 Å². The Morgan fingerprint density at radius 1 is 1.04 bits per heavy atom. The molecule has 0 radical (unpaired) electrons. The topological polar surface area (TPSA) is 21.1 Å². The van der Waals surface area contributed by atoms with Crippen LogP contribution in [0.3, 0.4) is 0 Å². The maximum atomic E-state index is 5.40. The molecule has 0 bridgehead atoms. The molecule has 0 unspecified atom stereocenters. The van der Waals surface area contributed by atoms with Crippen LogP contribution in [0, 0.1) is 10.9 Å². The first-order valence-electron chi connectivity index (χ1n) is 7.50. The van der Waals surface area contributed by atoms with Gasteiger partial charge in [-0.15, -0.1) is 0 Å². The SMILES string of the molecule is Cc1nn(CN(C)C(c2ccccc2)c2ccccc2)c(=S)s1. The van der Waals surface area contributed by atoms with Gasteiger partial charge in [0, 0.05) is 0 Å². The smallest absolute Gasteiger partial charge is 0.180 e. The summed E-state index contributed by atoms with van der Waals surface area (Å²) >= 11 is 6.96. The minimum Gasteiger partial charge on any atom is -0.276 e. The zero-order chi connectivity index (χ0) is 16.2. The number of hydrogen-bond acceptors (Lipinski definition) is 4. The van der Waals surface area contributed by atoms with Crippen LogP contribution in [-0.4, -0.2) is 21.7 Å². The Bertz CT molecular complexity index is 770. The van der Waals surface area contributed by atoms with E-state index in [0.29, 0.717) is 6.67 Å². The molecule has 0 aliphatic carbocycles. The van der Waals surface area contributed by atoms with E-state index >= 15 is 0 Å². The Kier molecular flexibility index (Phi) is 5.00. The molecule has 0 aliphatic rings. The van der Waals surface area contributed by atoms with Crippen LogP contribution >= 0.6 is 23.6 Å². The molecule has 3 nitrogen and oxygen atoms in total. The van der Waals surface area contributed by atoms with Gasteiger partial charge in [-0.25, -0.2) is 4.68 Å². The van der Waals surface area contributed by atoms with Crippen LogP contribution in [0.2, 0.25) is 0 Å². The number of aromatic nitrogens is 2. The minimum absolute atomic E-state index is 0.168. The molecule has 0 saturated carbocycles. The highest BCUT2D eigenvalue weighted by Crippen LogP contribution is 2.28. The van der Waals surface area contributed by atoms with Crippen molar-refractivity contribution >= 4 is 23.6 Å². The molecule has 118 valence electrons. The first-order chi connectivity index (χ1) is 11.1. The van der Waals surface area contributed by atoms with Crippen LogP contribution in [0.4, 0.5) is 0 Å². The molecular weight excluding hydrogens is 322 g/mol. The van der Waals surface area contributed by atoms with Crippen molar-refractivity contribution in [2.24, 2.45) is 0 Å². The molecule has 1 aromatic heterocycles. The van der Waals surface area contributed by atoms with E-state index in [4.69, 9.17) is 12.2 Å². The van der Waals surface area contributed by atoms with Crippen molar-refractivity contribution in [1.29, 1.82) is 0 Å². The highest BCUT2D eigenvalue weighted by molar-refractivity contribution is 7.73. The van der Waals surface area contributed by atoms with Gasteiger partial charge in [0.2, 0.25) is 0 Å². The van der Waals surface area contributed by atoms with Gasteiger partial charge in [0.25, 0.3) is 0 Å². The number of benzene rings is 2. The molecule has 1 heterocycles. The monoisotopic (exact) mass is 341 g/mol. The number of hydrogen-bond donors (Lipinski definition) is 0. The van der Waals surface area contributed by atoms with Gasteiger partial charge in [0.05, 0.1) is 12.7 Å². The molecule has 0 amide bonds. The van der Waals surface area contributed by atoms with E-state index in [2.05, 4.69) is 65.6 Å². The zero-order valence-corrected chi connectivity index (χ0v) is 14.8. The van der Waals surface area contributed by atoms with Crippen molar-refractivity contribution in [3.63, 3.8) is 0 Å². The van der Waals surface area contributed by atoms with Crippen LogP contribution in [0.25, 0.3) is 0 Å². The maximum Gasteiger partial charge on any atom is 0.180 e. The van der Waals surface area contributed by atoms with Gasteiger partial charge in [-0.2, -0.15) is 5.10 Å². The molecule has 2 aromatic carbocycles. The fourth-order valence-electron chi connectivity index (χ4n) is 2.76. The normalized spacial score (nSPS) is 11.3. The van der Waals surface area contributed by atoms with Crippen molar-refractivity contribution in [2.75, 3.05) is 7.05 Å². The van der Waals surface area contributed by atoms with Gasteiger partial charge < -0.3 is 0 Å². The molecule has 0 spiro atoms. The standard InChI is InChI=1S/C18H19N3S2/c1-14-19-21(18(22)23-14)13-20(2)17(15-9-5-3-6-10-15)16-11-7-4-8-12-16/h3-12,17H,13H2,1-2H3. The second-order valence-corrected chi connectivity index (χ2v) is 7.34. The molecule has 0 aliphatic heterocycles. The number of rotatable bonds is 5. The third-order valence-electron chi connectivity index (χ3n) is 3.74. The number of nitrogens with zero attached hydrogens (tertiary/aromatic N) is 3. The van der Waals surface area contributed by atoms with Crippen molar-refractivity contribution in [1.82, 2.24) is 14.7 Å². The average molecular weight is 342 g/mol. The van der Waals surface area contributed by atoms with Crippen molar-refractivity contribution in [2.45, 2.75) is 19.6 Å². The molecule has 3 aromatic rings. The summed E-state index contributed by atoms with van der Waals surface area (Å²) in [4.78, 5) is 2.28. The van der Waals surface area contributed by atoms with Crippen LogP contribution in [0.1, 0.15) is 22.2 Å². The van der Waals surface area contributed by atoms with Gasteiger partial charge in [-0.3, -0.25) is 4.90 Å². The minimum atomic E-state index is 0.168. The van der Waals surface area contributed by atoms with E-state index in [1.165, 1.54) is 11.1 Å². The Morgan fingerprint density at radius 2 is 1.57 bits per heavy atom. The van der Waals surface area contributed by atoms with E-state index < -0.39 is 0 Å². The second kappa shape index (κ2) is 7.17. The van der Waals surface area contributed by atoms with Gasteiger partial charge in [0.1, 0.15) is 5.01 Å². The van der Waals surface area contributed by atoms with E-state index in [-0.39, 0.29) is 6.04 Å². The highest BCUT2D eigenvalue weighted by Gasteiger charge is 2.19. The summed E-state index contributed by atoms with van der Waals surface area (Å²) < 4.78 is 2.71. The molecule has 5 heteroatoms. The zero-order valence-electron chi connectivity index (χ0n) is 13.2. The molecule has 3 rings (SSSR count). The molecule has 23 heavy (non-hydrogen) atoms. The fraction of sp³-hybridized carbons (Fsp3) is 0.222. The first-order valence-corrected chi connectivity index (χ1v) is 8.72. The Morgan fingerprint density at radius 3 is 2.00 bits per heavy atom. The lowest BCUT2D eigenvalue weighted by molar-refractivity contribution is 0.208. The quantitative estimate of drug-likeness (QED) is 0.630. The summed E-state index contributed by atoms with van der Waals surface area (Å²) in [6, 6.07) is 21.3. The van der Waals surface area contributed by atoms with E-state index in [9.17, 15) is 0 Å². The number of aryl methyl sites for hydroxylation is 1. The van der Waals surface area contributed by atoms with E-state index in [0.717, 1.165) is 8.96 Å². The molecule has 0 atom stereocenters.